The maximum Gasteiger partial charge on any atom is 0.355 e. The highest BCUT2D eigenvalue weighted by atomic mass is 16.5. The number of hydrogen-bond donors (Lipinski definition) is 0. The summed E-state index contributed by atoms with van der Waals surface area (Å²) >= 11 is 0. The molecule has 0 N–H and O–H groups in total. The molecule has 3 nitrogen and oxygen atoms in total. The lowest BCUT2D eigenvalue weighted by molar-refractivity contribution is 0.0527. The summed E-state index contributed by atoms with van der Waals surface area (Å²) in [5.74, 6) is -0.216. The number of cyclic esters (lactones) is 1. The topological polar surface area (TPSA) is 31.2 Å². The molecule has 1 aromatic heterocycles. The summed E-state index contributed by atoms with van der Waals surface area (Å²) in [4.78, 5) is 12.0. The number of aromatic nitrogens is 1. The van der Waals surface area contributed by atoms with Gasteiger partial charge in [0.2, 0.25) is 0 Å². The molecule has 1 aliphatic heterocycles. The SMILES string of the molecule is O=C1OCc2c1n(Cc1ccccc1)c1ccccc21. The fourth-order valence-electron chi connectivity index (χ4n) is 2.89. The van der Waals surface area contributed by atoms with Crippen molar-refractivity contribution < 1.29 is 9.53 Å². The van der Waals surface area contributed by atoms with Gasteiger partial charge in [-0.2, -0.15) is 0 Å². The standard InChI is InChI=1S/C17H13NO2/c19-17-16-14(11-20-17)13-8-4-5-9-15(13)18(16)10-12-6-2-1-3-7-12/h1-9H,10-11H2. The highest BCUT2D eigenvalue weighted by Gasteiger charge is 2.29. The van der Waals surface area contributed by atoms with Crippen molar-refractivity contribution in [3.05, 3.63) is 71.4 Å². The monoisotopic (exact) mass is 263 g/mol. The van der Waals surface area contributed by atoms with E-state index in [9.17, 15) is 4.79 Å². The van der Waals surface area contributed by atoms with E-state index in [1.54, 1.807) is 0 Å². The van der Waals surface area contributed by atoms with E-state index in [2.05, 4.69) is 28.8 Å². The molecule has 2 heterocycles. The summed E-state index contributed by atoms with van der Waals surface area (Å²) in [6.45, 7) is 1.07. The molecule has 0 aliphatic carbocycles. The Labute approximate surface area is 116 Å². The van der Waals surface area contributed by atoms with Crippen molar-refractivity contribution in [3.63, 3.8) is 0 Å². The van der Waals surface area contributed by atoms with Crippen LogP contribution in [0.1, 0.15) is 21.6 Å². The van der Waals surface area contributed by atoms with Crippen molar-refractivity contribution in [1.82, 2.24) is 4.57 Å². The van der Waals surface area contributed by atoms with E-state index in [4.69, 9.17) is 4.74 Å². The Hall–Kier alpha value is -2.55. The Morgan fingerprint density at radius 1 is 1.00 bits per heavy atom. The molecule has 0 unspecified atom stereocenters. The van der Waals surface area contributed by atoms with Gasteiger partial charge in [0, 0.05) is 23.0 Å². The van der Waals surface area contributed by atoms with Crippen LogP contribution >= 0.6 is 0 Å². The summed E-state index contributed by atoms with van der Waals surface area (Å²) in [6.07, 6.45) is 0. The summed E-state index contributed by atoms with van der Waals surface area (Å²) in [5, 5.41) is 1.12. The third-order valence-electron chi connectivity index (χ3n) is 3.80. The molecule has 20 heavy (non-hydrogen) atoms. The van der Waals surface area contributed by atoms with Crippen LogP contribution in [0.3, 0.4) is 0 Å². The molecule has 3 heteroatoms. The average molecular weight is 263 g/mol. The van der Waals surface area contributed by atoms with Gasteiger partial charge in [-0.05, 0) is 11.6 Å². The van der Waals surface area contributed by atoms with Crippen molar-refractivity contribution >= 4 is 16.9 Å². The second-order valence-electron chi connectivity index (χ2n) is 4.99. The van der Waals surface area contributed by atoms with E-state index < -0.39 is 0 Å². The van der Waals surface area contributed by atoms with Crippen molar-refractivity contribution in [2.75, 3.05) is 0 Å². The molecule has 4 rings (SSSR count). The minimum Gasteiger partial charge on any atom is -0.456 e. The van der Waals surface area contributed by atoms with Gasteiger partial charge in [-0.3, -0.25) is 0 Å². The van der Waals surface area contributed by atoms with Gasteiger partial charge in [0.05, 0.1) is 0 Å². The summed E-state index contributed by atoms with van der Waals surface area (Å²) < 4.78 is 7.25. The van der Waals surface area contributed by atoms with Crippen molar-refractivity contribution in [2.45, 2.75) is 13.2 Å². The zero-order valence-electron chi connectivity index (χ0n) is 10.9. The lowest BCUT2D eigenvalue weighted by atomic mass is 10.1. The molecule has 2 aromatic carbocycles. The molecule has 3 aromatic rings. The fraction of sp³-hybridized carbons (Fsp3) is 0.118. The summed E-state index contributed by atoms with van der Waals surface area (Å²) in [5.41, 5.74) is 3.99. The second kappa shape index (κ2) is 4.23. The highest BCUT2D eigenvalue weighted by Crippen LogP contribution is 2.32. The molecule has 98 valence electrons. The van der Waals surface area contributed by atoms with Crippen molar-refractivity contribution in [3.8, 4) is 0 Å². The largest absolute Gasteiger partial charge is 0.456 e. The molecule has 0 radical (unpaired) electrons. The van der Waals surface area contributed by atoms with Crippen LogP contribution in [0.25, 0.3) is 10.9 Å². The van der Waals surface area contributed by atoms with Gasteiger partial charge >= 0.3 is 5.97 Å². The first-order valence-electron chi connectivity index (χ1n) is 6.66. The van der Waals surface area contributed by atoms with Crippen LogP contribution < -0.4 is 0 Å². The van der Waals surface area contributed by atoms with Crippen LogP contribution in [0.4, 0.5) is 0 Å². The van der Waals surface area contributed by atoms with Crippen molar-refractivity contribution in [2.24, 2.45) is 0 Å². The lowest BCUT2D eigenvalue weighted by Gasteiger charge is -2.08. The van der Waals surface area contributed by atoms with Gasteiger partial charge in [-0.15, -0.1) is 0 Å². The molecule has 1 aliphatic rings. The number of esters is 1. The third kappa shape index (κ3) is 1.56. The zero-order chi connectivity index (χ0) is 13.5. The number of benzene rings is 2. The first-order chi connectivity index (χ1) is 9.84. The molecular weight excluding hydrogens is 250 g/mol. The molecule has 0 fully saturated rings. The maximum absolute atomic E-state index is 12.0. The Balaban J connectivity index is 1.94. The van der Waals surface area contributed by atoms with E-state index in [0.29, 0.717) is 18.8 Å². The summed E-state index contributed by atoms with van der Waals surface area (Å²) in [7, 11) is 0. The Kier molecular flexibility index (Phi) is 2.39. The predicted molar refractivity (Wildman–Crippen MR) is 76.6 cm³/mol. The first kappa shape index (κ1) is 11.3. The quantitative estimate of drug-likeness (QED) is 0.664. The number of carbonyl (C=O) groups is 1. The smallest absolute Gasteiger partial charge is 0.355 e. The molecule has 0 saturated heterocycles. The van der Waals surface area contributed by atoms with Gasteiger partial charge < -0.3 is 9.30 Å². The maximum atomic E-state index is 12.0. The van der Waals surface area contributed by atoms with Crippen LogP contribution in [-0.2, 0) is 17.9 Å². The minimum absolute atomic E-state index is 0.216. The summed E-state index contributed by atoms with van der Waals surface area (Å²) in [6, 6.07) is 18.3. The number of ether oxygens (including phenoxy) is 1. The van der Waals surface area contributed by atoms with Crippen LogP contribution in [0.15, 0.2) is 54.6 Å². The Morgan fingerprint density at radius 3 is 2.60 bits per heavy atom. The van der Waals surface area contributed by atoms with Crippen LogP contribution in [0, 0.1) is 0 Å². The van der Waals surface area contributed by atoms with Gasteiger partial charge in [0.25, 0.3) is 0 Å². The van der Waals surface area contributed by atoms with Gasteiger partial charge in [-0.1, -0.05) is 48.5 Å². The van der Waals surface area contributed by atoms with E-state index in [-0.39, 0.29) is 5.97 Å². The van der Waals surface area contributed by atoms with Crippen LogP contribution in [-0.4, -0.2) is 10.5 Å². The number of fused-ring (bicyclic) bond motifs is 3. The Bertz CT molecular complexity index is 802. The molecule has 0 atom stereocenters. The molecule has 0 amide bonds. The molecule has 0 spiro atoms. The molecule has 0 saturated carbocycles. The fourth-order valence-corrected chi connectivity index (χ4v) is 2.89. The average Bonchev–Trinajstić information content (AvgIpc) is 3.01. The number of nitrogens with zero attached hydrogens (tertiary/aromatic N) is 1. The molecule has 0 bridgehead atoms. The second-order valence-corrected chi connectivity index (χ2v) is 4.99. The number of rotatable bonds is 2. The van der Waals surface area contributed by atoms with E-state index in [0.717, 1.165) is 16.5 Å². The first-order valence-corrected chi connectivity index (χ1v) is 6.66. The Morgan fingerprint density at radius 2 is 1.75 bits per heavy atom. The highest BCUT2D eigenvalue weighted by molar-refractivity contribution is 6.01. The van der Waals surface area contributed by atoms with Gasteiger partial charge in [-0.25, -0.2) is 4.79 Å². The van der Waals surface area contributed by atoms with E-state index >= 15 is 0 Å². The molecular formula is C17H13NO2. The van der Waals surface area contributed by atoms with Crippen LogP contribution in [0.2, 0.25) is 0 Å². The van der Waals surface area contributed by atoms with Crippen LogP contribution in [0.5, 0.6) is 0 Å². The lowest BCUT2D eigenvalue weighted by Crippen LogP contribution is -2.08. The minimum atomic E-state index is -0.216. The van der Waals surface area contributed by atoms with Gasteiger partial charge in [0.1, 0.15) is 12.3 Å². The van der Waals surface area contributed by atoms with E-state index in [1.807, 2.05) is 30.3 Å². The third-order valence-corrected chi connectivity index (χ3v) is 3.80. The normalized spacial score (nSPS) is 13.5. The zero-order valence-corrected chi connectivity index (χ0v) is 10.9. The number of carbonyl (C=O) groups excluding carboxylic acids is 1. The van der Waals surface area contributed by atoms with Crippen molar-refractivity contribution in [1.29, 1.82) is 0 Å². The van der Waals surface area contributed by atoms with E-state index in [1.165, 1.54) is 5.56 Å². The predicted octanol–water partition coefficient (Wildman–Crippen LogP) is 3.36. The number of hydrogen-bond acceptors (Lipinski definition) is 2. The van der Waals surface area contributed by atoms with Gasteiger partial charge in [0.15, 0.2) is 0 Å². The number of para-hydroxylation sites is 1.